The molecule has 0 fully saturated rings. The van der Waals surface area contributed by atoms with E-state index in [9.17, 15) is 0 Å². The molecule has 0 aromatic carbocycles. The molecule has 0 saturated carbocycles. The first-order chi connectivity index (χ1) is 6.81. The van der Waals surface area contributed by atoms with Crippen LogP contribution in [0.3, 0.4) is 0 Å². The van der Waals surface area contributed by atoms with Crippen LogP contribution in [0, 0.1) is 0 Å². The normalized spacial score (nSPS) is 11.1. The number of halogens is 1. The number of hydrogen-bond acceptors (Lipinski definition) is 2. The summed E-state index contributed by atoms with van der Waals surface area (Å²) in [6.07, 6.45) is 6.92. The lowest BCUT2D eigenvalue weighted by Gasteiger charge is -2.15. The summed E-state index contributed by atoms with van der Waals surface area (Å²) >= 11 is 5.60. The SMILES string of the molecule is CN(CCCCCO)CCCCCCl. The standard InChI is InChI=1S/C11H24ClNO/c1-13(9-5-2-4-8-12)10-6-3-7-11-14/h14H,2-11H2,1H3. The highest BCUT2D eigenvalue weighted by molar-refractivity contribution is 6.17. The molecular weight excluding hydrogens is 198 g/mol. The Morgan fingerprint density at radius 1 is 0.929 bits per heavy atom. The molecule has 0 heterocycles. The molecule has 0 rings (SSSR count). The topological polar surface area (TPSA) is 23.5 Å². The summed E-state index contributed by atoms with van der Waals surface area (Å²) in [5, 5.41) is 8.61. The predicted molar refractivity (Wildman–Crippen MR) is 63.0 cm³/mol. The Morgan fingerprint density at radius 3 is 2.00 bits per heavy atom. The highest BCUT2D eigenvalue weighted by atomic mass is 35.5. The molecule has 0 aromatic heterocycles. The molecule has 0 saturated heterocycles. The first-order valence-electron chi connectivity index (χ1n) is 5.66. The zero-order valence-corrected chi connectivity index (χ0v) is 10.1. The molecular formula is C11H24ClNO. The van der Waals surface area contributed by atoms with Crippen molar-refractivity contribution >= 4 is 11.6 Å². The van der Waals surface area contributed by atoms with Gasteiger partial charge in [0.15, 0.2) is 0 Å². The quantitative estimate of drug-likeness (QED) is 0.453. The maximum Gasteiger partial charge on any atom is 0.0431 e. The van der Waals surface area contributed by atoms with Crippen LogP contribution in [0.25, 0.3) is 0 Å². The fraction of sp³-hybridized carbons (Fsp3) is 1.00. The second-order valence-electron chi connectivity index (χ2n) is 3.84. The van der Waals surface area contributed by atoms with Crippen molar-refractivity contribution < 1.29 is 5.11 Å². The van der Waals surface area contributed by atoms with E-state index in [2.05, 4.69) is 11.9 Å². The fourth-order valence-corrected chi connectivity index (χ4v) is 1.62. The molecule has 0 bridgehead atoms. The third-order valence-electron chi connectivity index (χ3n) is 2.37. The van der Waals surface area contributed by atoms with Gasteiger partial charge >= 0.3 is 0 Å². The van der Waals surface area contributed by atoms with Crippen molar-refractivity contribution in [3.8, 4) is 0 Å². The summed E-state index contributed by atoms with van der Waals surface area (Å²) in [5.74, 6) is 0.792. The third kappa shape index (κ3) is 10.3. The number of hydrogen-bond donors (Lipinski definition) is 1. The zero-order chi connectivity index (χ0) is 10.6. The fourth-order valence-electron chi connectivity index (χ4n) is 1.44. The Labute approximate surface area is 93.2 Å². The van der Waals surface area contributed by atoms with Gasteiger partial charge in [-0.25, -0.2) is 0 Å². The van der Waals surface area contributed by atoms with Crippen LogP contribution >= 0.6 is 11.6 Å². The van der Waals surface area contributed by atoms with Crippen LogP contribution in [0.2, 0.25) is 0 Å². The summed E-state index contributed by atoms with van der Waals surface area (Å²) in [6.45, 7) is 2.66. The summed E-state index contributed by atoms with van der Waals surface area (Å²) < 4.78 is 0. The van der Waals surface area contributed by atoms with Crippen LogP contribution in [0.1, 0.15) is 38.5 Å². The smallest absolute Gasteiger partial charge is 0.0431 e. The lowest BCUT2D eigenvalue weighted by Crippen LogP contribution is -2.20. The highest BCUT2D eigenvalue weighted by Gasteiger charge is 1.97. The Hall–Kier alpha value is 0.210. The van der Waals surface area contributed by atoms with Crippen molar-refractivity contribution in [3.05, 3.63) is 0 Å². The van der Waals surface area contributed by atoms with Gasteiger partial charge in [-0.2, -0.15) is 0 Å². The number of aliphatic hydroxyl groups excluding tert-OH is 1. The summed E-state index contributed by atoms with van der Waals surface area (Å²) in [4.78, 5) is 2.37. The molecule has 3 heteroatoms. The summed E-state index contributed by atoms with van der Waals surface area (Å²) in [6, 6.07) is 0. The van der Waals surface area contributed by atoms with Gasteiger partial charge in [0, 0.05) is 12.5 Å². The first kappa shape index (κ1) is 14.2. The van der Waals surface area contributed by atoms with Gasteiger partial charge in [-0.05, 0) is 52.2 Å². The predicted octanol–water partition coefficient (Wildman–Crippen LogP) is 2.49. The largest absolute Gasteiger partial charge is 0.396 e. The van der Waals surface area contributed by atoms with Crippen molar-refractivity contribution in [1.82, 2.24) is 4.90 Å². The van der Waals surface area contributed by atoms with Crippen molar-refractivity contribution in [3.63, 3.8) is 0 Å². The molecule has 0 aromatic rings. The van der Waals surface area contributed by atoms with Crippen LogP contribution < -0.4 is 0 Å². The van der Waals surface area contributed by atoms with Crippen LogP contribution in [0.15, 0.2) is 0 Å². The average molecular weight is 222 g/mol. The average Bonchev–Trinajstić information content (AvgIpc) is 2.19. The van der Waals surface area contributed by atoms with Crippen LogP contribution in [-0.2, 0) is 0 Å². The van der Waals surface area contributed by atoms with Gasteiger partial charge in [0.2, 0.25) is 0 Å². The van der Waals surface area contributed by atoms with Crippen LogP contribution in [0.4, 0.5) is 0 Å². The maximum atomic E-state index is 8.61. The molecule has 0 aliphatic rings. The zero-order valence-electron chi connectivity index (χ0n) is 9.34. The van der Waals surface area contributed by atoms with Crippen molar-refractivity contribution in [2.45, 2.75) is 38.5 Å². The molecule has 0 atom stereocenters. The third-order valence-corrected chi connectivity index (χ3v) is 2.64. The number of aliphatic hydroxyl groups is 1. The van der Waals surface area contributed by atoms with Gasteiger partial charge < -0.3 is 10.0 Å². The van der Waals surface area contributed by atoms with E-state index in [1.54, 1.807) is 0 Å². The second-order valence-corrected chi connectivity index (χ2v) is 4.22. The Kier molecular flexibility index (Phi) is 11.5. The molecule has 86 valence electrons. The van der Waals surface area contributed by atoms with Gasteiger partial charge in [0.1, 0.15) is 0 Å². The van der Waals surface area contributed by atoms with E-state index in [0.29, 0.717) is 6.61 Å². The Balaban J connectivity index is 3.07. The van der Waals surface area contributed by atoms with E-state index < -0.39 is 0 Å². The van der Waals surface area contributed by atoms with E-state index in [-0.39, 0.29) is 0 Å². The lowest BCUT2D eigenvalue weighted by molar-refractivity contribution is 0.271. The Bertz CT molecular complexity index is 99.5. The molecule has 2 nitrogen and oxygen atoms in total. The van der Waals surface area contributed by atoms with Gasteiger partial charge in [-0.3, -0.25) is 0 Å². The summed E-state index contributed by atoms with van der Waals surface area (Å²) in [7, 11) is 2.17. The van der Waals surface area contributed by atoms with E-state index >= 15 is 0 Å². The van der Waals surface area contributed by atoms with Crippen molar-refractivity contribution in [2.24, 2.45) is 0 Å². The number of unbranched alkanes of at least 4 members (excludes halogenated alkanes) is 4. The monoisotopic (exact) mass is 221 g/mol. The summed E-state index contributed by atoms with van der Waals surface area (Å²) in [5.41, 5.74) is 0. The minimum Gasteiger partial charge on any atom is -0.396 e. The Morgan fingerprint density at radius 2 is 1.50 bits per heavy atom. The van der Waals surface area contributed by atoms with Gasteiger partial charge in [-0.1, -0.05) is 6.42 Å². The van der Waals surface area contributed by atoms with E-state index in [1.807, 2.05) is 0 Å². The molecule has 0 aliphatic heterocycles. The second kappa shape index (κ2) is 11.3. The molecule has 0 radical (unpaired) electrons. The molecule has 0 amide bonds. The minimum atomic E-state index is 0.333. The van der Waals surface area contributed by atoms with Gasteiger partial charge in [0.05, 0.1) is 0 Å². The molecule has 14 heavy (non-hydrogen) atoms. The lowest BCUT2D eigenvalue weighted by atomic mass is 10.2. The first-order valence-corrected chi connectivity index (χ1v) is 6.20. The number of rotatable bonds is 10. The number of nitrogens with zero attached hydrogens (tertiary/aromatic N) is 1. The van der Waals surface area contributed by atoms with Crippen LogP contribution in [-0.4, -0.2) is 42.6 Å². The molecule has 0 spiro atoms. The van der Waals surface area contributed by atoms with Gasteiger partial charge in [-0.15, -0.1) is 11.6 Å². The van der Waals surface area contributed by atoms with Gasteiger partial charge in [0.25, 0.3) is 0 Å². The minimum absolute atomic E-state index is 0.333. The maximum absolute atomic E-state index is 8.61. The molecule has 1 N–H and O–H groups in total. The van der Waals surface area contributed by atoms with E-state index in [4.69, 9.17) is 16.7 Å². The highest BCUT2D eigenvalue weighted by Crippen LogP contribution is 2.01. The van der Waals surface area contributed by atoms with Crippen LogP contribution in [0.5, 0.6) is 0 Å². The number of alkyl halides is 1. The van der Waals surface area contributed by atoms with E-state index in [0.717, 1.165) is 31.7 Å². The van der Waals surface area contributed by atoms with Crippen molar-refractivity contribution in [2.75, 3.05) is 32.6 Å². The van der Waals surface area contributed by atoms with Crippen molar-refractivity contribution in [1.29, 1.82) is 0 Å². The molecule has 0 unspecified atom stereocenters. The van der Waals surface area contributed by atoms with E-state index in [1.165, 1.54) is 25.8 Å². The molecule has 0 aliphatic carbocycles.